The van der Waals surface area contributed by atoms with Crippen LogP contribution in [0.5, 0.6) is 5.75 Å². The summed E-state index contributed by atoms with van der Waals surface area (Å²) in [5.41, 5.74) is 4.26. The molecule has 2 amide bonds. The first-order valence-electron chi connectivity index (χ1n) is 9.57. The molecule has 2 aromatic rings. The second-order valence-electron chi connectivity index (χ2n) is 7.15. The van der Waals surface area contributed by atoms with Crippen LogP contribution in [0, 0.1) is 0 Å². The SMILES string of the molecule is COc1cccc(NC(=O)CN(C)CCC(=O)Nc2ccc3c(c2)CCC3)c1. The van der Waals surface area contributed by atoms with Gasteiger partial charge in [-0.2, -0.15) is 0 Å². The van der Waals surface area contributed by atoms with E-state index in [0.29, 0.717) is 24.4 Å². The third-order valence-electron chi connectivity index (χ3n) is 4.87. The summed E-state index contributed by atoms with van der Waals surface area (Å²) < 4.78 is 5.15. The van der Waals surface area contributed by atoms with E-state index in [1.165, 1.54) is 17.5 Å². The first kappa shape index (κ1) is 19.9. The Labute approximate surface area is 165 Å². The molecule has 0 bridgehead atoms. The molecule has 0 aromatic heterocycles. The molecule has 1 aliphatic carbocycles. The van der Waals surface area contributed by atoms with Crippen molar-refractivity contribution < 1.29 is 14.3 Å². The first-order valence-corrected chi connectivity index (χ1v) is 9.57. The summed E-state index contributed by atoms with van der Waals surface area (Å²) in [4.78, 5) is 26.2. The number of ether oxygens (including phenoxy) is 1. The lowest BCUT2D eigenvalue weighted by Crippen LogP contribution is -2.32. The van der Waals surface area contributed by atoms with Crippen LogP contribution in [0.4, 0.5) is 11.4 Å². The molecule has 0 spiro atoms. The third kappa shape index (κ3) is 5.57. The van der Waals surface area contributed by atoms with Crippen LogP contribution in [0.25, 0.3) is 0 Å². The highest BCUT2D eigenvalue weighted by molar-refractivity contribution is 5.93. The molecule has 0 aliphatic heterocycles. The molecule has 2 N–H and O–H groups in total. The highest BCUT2D eigenvalue weighted by atomic mass is 16.5. The Bertz CT molecular complexity index is 851. The number of carbonyl (C=O) groups is 2. The lowest BCUT2D eigenvalue weighted by Gasteiger charge is -2.16. The zero-order chi connectivity index (χ0) is 19.9. The highest BCUT2D eigenvalue weighted by Gasteiger charge is 2.13. The molecule has 6 heteroatoms. The van der Waals surface area contributed by atoms with Gasteiger partial charge in [0, 0.05) is 30.4 Å². The minimum atomic E-state index is -0.130. The monoisotopic (exact) mass is 381 g/mol. The first-order chi connectivity index (χ1) is 13.5. The lowest BCUT2D eigenvalue weighted by molar-refractivity contribution is -0.119. The minimum absolute atomic E-state index is 0.0435. The number of anilines is 2. The zero-order valence-corrected chi connectivity index (χ0v) is 16.5. The number of fused-ring (bicyclic) bond motifs is 1. The Kier molecular flexibility index (Phi) is 6.66. The van der Waals surface area contributed by atoms with Crippen LogP contribution in [0.3, 0.4) is 0 Å². The van der Waals surface area contributed by atoms with E-state index in [0.717, 1.165) is 18.5 Å². The van der Waals surface area contributed by atoms with Crippen LogP contribution in [-0.4, -0.2) is 44.0 Å². The zero-order valence-electron chi connectivity index (χ0n) is 16.5. The summed E-state index contributed by atoms with van der Waals surface area (Å²) in [5.74, 6) is 0.516. The summed E-state index contributed by atoms with van der Waals surface area (Å²) >= 11 is 0. The van der Waals surface area contributed by atoms with Gasteiger partial charge in [0.25, 0.3) is 0 Å². The normalized spacial score (nSPS) is 12.5. The summed E-state index contributed by atoms with van der Waals surface area (Å²) in [6.07, 6.45) is 3.74. The van der Waals surface area contributed by atoms with Crippen molar-refractivity contribution in [2.75, 3.05) is 37.9 Å². The Morgan fingerprint density at radius 1 is 1.00 bits per heavy atom. The van der Waals surface area contributed by atoms with Gasteiger partial charge in [-0.1, -0.05) is 12.1 Å². The Balaban J connectivity index is 1.41. The molecule has 28 heavy (non-hydrogen) atoms. The average Bonchev–Trinajstić information content (AvgIpc) is 3.14. The van der Waals surface area contributed by atoms with Gasteiger partial charge in [0.05, 0.1) is 13.7 Å². The van der Waals surface area contributed by atoms with Gasteiger partial charge >= 0.3 is 0 Å². The van der Waals surface area contributed by atoms with Gasteiger partial charge in [0.2, 0.25) is 11.8 Å². The number of nitrogens with zero attached hydrogens (tertiary/aromatic N) is 1. The van der Waals surface area contributed by atoms with Gasteiger partial charge in [-0.15, -0.1) is 0 Å². The number of carbonyl (C=O) groups excluding carboxylic acids is 2. The van der Waals surface area contributed by atoms with Crippen LogP contribution < -0.4 is 15.4 Å². The number of benzene rings is 2. The van der Waals surface area contributed by atoms with Gasteiger partial charge in [0.15, 0.2) is 0 Å². The van der Waals surface area contributed by atoms with Gasteiger partial charge < -0.3 is 15.4 Å². The molecular formula is C22H27N3O3. The summed E-state index contributed by atoms with van der Waals surface area (Å²) in [5, 5.41) is 5.79. The maximum absolute atomic E-state index is 12.2. The molecule has 0 atom stereocenters. The summed E-state index contributed by atoms with van der Waals surface area (Å²) in [6, 6.07) is 13.4. The number of hydrogen-bond donors (Lipinski definition) is 2. The van der Waals surface area contributed by atoms with Crippen molar-refractivity contribution >= 4 is 23.2 Å². The fourth-order valence-electron chi connectivity index (χ4n) is 3.39. The molecule has 0 unspecified atom stereocenters. The Morgan fingerprint density at radius 3 is 2.57 bits per heavy atom. The quantitative estimate of drug-likeness (QED) is 0.737. The number of nitrogens with one attached hydrogen (secondary N) is 2. The predicted molar refractivity (Wildman–Crippen MR) is 111 cm³/mol. The number of aryl methyl sites for hydroxylation is 2. The molecule has 2 aromatic carbocycles. The van der Waals surface area contributed by atoms with E-state index in [1.807, 2.05) is 36.2 Å². The van der Waals surface area contributed by atoms with Crippen LogP contribution in [0.2, 0.25) is 0 Å². The van der Waals surface area contributed by atoms with Crippen molar-refractivity contribution in [1.29, 1.82) is 0 Å². The van der Waals surface area contributed by atoms with Crippen LogP contribution in [0.1, 0.15) is 24.0 Å². The number of hydrogen-bond acceptors (Lipinski definition) is 4. The molecule has 1 aliphatic rings. The van der Waals surface area contributed by atoms with Gasteiger partial charge in [-0.25, -0.2) is 0 Å². The molecule has 3 rings (SSSR count). The van der Waals surface area contributed by atoms with Crippen molar-refractivity contribution in [3.8, 4) is 5.75 Å². The fraction of sp³-hybridized carbons (Fsp3) is 0.364. The van der Waals surface area contributed by atoms with Crippen molar-refractivity contribution in [3.63, 3.8) is 0 Å². The van der Waals surface area contributed by atoms with Crippen molar-refractivity contribution in [1.82, 2.24) is 4.90 Å². The van der Waals surface area contributed by atoms with E-state index < -0.39 is 0 Å². The Hall–Kier alpha value is -2.86. The Morgan fingerprint density at radius 2 is 1.75 bits per heavy atom. The van der Waals surface area contributed by atoms with Gasteiger partial charge in [-0.05, 0) is 61.7 Å². The lowest BCUT2D eigenvalue weighted by atomic mass is 10.1. The second-order valence-corrected chi connectivity index (χ2v) is 7.15. The minimum Gasteiger partial charge on any atom is -0.497 e. The number of rotatable bonds is 8. The topological polar surface area (TPSA) is 70.7 Å². The largest absolute Gasteiger partial charge is 0.497 e. The van der Waals surface area contributed by atoms with Crippen molar-refractivity contribution in [2.24, 2.45) is 0 Å². The molecule has 6 nitrogen and oxygen atoms in total. The maximum Gasteiger partial charge on any atom is 0.238 e. The van der Waals surface area contributed by atoms with Crippen molar-refractivity contribution in [2.45, 2.75) is 25.7 Å². The van der Waals surface area contributed by atoms with Gasteiger partial charge in [0.1, 0.15) is 5.75 Å². The smallest absolute Gasteiger partial charge is 0.238 e. The maximum atomic E-state index is 12.2. The molecular weight excluding hydrogens is 354 g/mol. The molecule has 0 saturated carbocycles. The number of amides is 2. The second kappa shape index (κ2) is 9.37. The van der Waals surface area contributed by atoms with Crippen LogP contribution in [0.15, 0.2) is 42.5 Å². The average molecular weight is 381 g/mol. The van der Waals surface area contributed by atoms with Gasteiger partial charge in [-0.3, -0.25) is 14.5 Å². The number of likely N-dealkylation sites (N-methyl/N-ethyl adjacent to an activating group) is 1. The van der Waals surface area contributed by atoms with E-state index in [2.05, 4.69) is 22.8 Å². The molecule has 0 saturated heterocycles. The van der Waals surface area contributed by atoms with Crippen LogP contribution in [-0.2, 0) is 22.4 Å². The number of methoxy groups -OCH3 is 1. The molecule has 148 valence electrons. The van der Waals surface area contributed by atoms with Crippen molar-refractivity contribution in [3.05, 3.63) is 53.6 Å². The summed E-state index contributed by atoms with van der Waals surface area (Å²) in [7, 11) is 3.41. The standard InChI is InChI=1S/C22H27N3O3/c1-25(15-22(27)24-18-7-4-8-20(14-18)28-2)12-11-21(26)23-19-10-9-16-5-3-6-17(16)13-19/h4,7-10,13-14H,3,5-6,11-12,15H2,1-2H3,(H,23,26)(H,24,27). The fourth-order valence-corrected chi connectivity index (χ4v) is 3.39. The van der Waals surface area contributed by atoms with E-state index in [4.69, 9.17) is 4.74 Å². The highest BCUT2D eigenvalue weighted by Crippen LogP contribution is 2.25. The van der Waals surface area contributed by atoms with E-state index >= 15 is 0 Å². The van der Waals surface area contributed by atoms with E-state index in [-0.39, 0.29) is 18.4 Å². The molecule has 0 heterocycles. The van der Waals surface area contributed by atoms with Crippen LogP contribution >= 0.6 is 0 Å². The summed E-state index contributed by atoms with van der Waals surface area (Å²) in [6.45, 7) is 0.714. The van der Waals surface area contributed by atoms with E-state index in [1.54, 1.807) is 13.2 Å². The van der Waals surface area contributed by atoms with E-state index in [9.17, 15) is 9.59 Å². The third-order valence-corrected chi connectivity index (χ3v) is 4.87. The predicted octanol–water partition coefficient (Wildman–Crippen LogP) is 3.08. The molecule has 0 fully saturated rings. The molecule has 0 radical (unpaired) electrons.